The van der Waals surface area contributed by atoms with Crippen molar-refractivity contribution in [3.8, 4) is 11.1 Å². The van der Waals surface area contributed by atoms with Crippen molar-refractivity contribution in [2.45, 2.75) is 22.9 Å². The predicted molar refractivity (Wildman–Crippen MR) is 102 cm³/mol. The molecule has 1 unspecified atom stereocenters. The Kier molecular flexibility index (Phi) is 8.10. The Bertz CT molecular complexity index is 887. The molecule has 1 atom stereocenters. The molecule has 27 heavy (non-hydrogen) atoms. The van der Waals surface area contributed by atoms with Crippen LogP contribution in [0.3, 0.4) is 0 Å². The van der Waals surface area contributed by atoms with E-state index >= 15 is 0 Å². The maximum absolute atomic E-state index is 2.28. The average Bonchev–Trinajstić information content (AvgIpc) is 3.21. The van der Waals surface area contributed by atoms with Gasteiger partial charge in [0.25, 0.3) is 0 Å². The zero-order valence-electron chi connectivity index (χ0n) is 15.2. The number of allylic oxidation sites excluding steroid dienone is 1. The summed E-state index contributed by atoms with van der Waals surface area (Å²) in [6.07, 6.45) is 5.69. The molecule has 135 valence electrons. The molecule has 0 bridgehead atoms. The Labute approximate surface area is 189 Å². The van der Waals surface area contributed by atoms with E-state index in [1.807, 2.05) is 0 Å². The van der Waals surface area contributed by atoms with Crippen molar-refractivity contribution in [3.05, 3.63) is 101 Å². The van der Waals surface area contributed by atoms with E-state index in [1.165, 1.54) is 39.8 Å². The molecule has 2 aliphatic carbocycles. The molecule has 0 amide bonds. The van der Waals surface area contributed by atoms with Crippen LogP contribution in [-0.2, 0) is 24.7 Å². The van der Waals surface area contributed by atoms with Crippen LogP contribution >= 0.6 is 0 Å². The molecule has 0 saturated heterocycles. The van der Waals surface area contributed by atoms with E-state index in [2.05, 4.69) is 91.9 Å². The summed E-state index contributed by atoms with van der Waals surface area (Å²) in [5.41, 5.74) is 8.77. The Morgan fingerprint density at radius 3 is 1.70 bits per heavy atom. The van der Waals surface area contributed by atoms with E-state index < -0.39 is 0 Å². The molecule has 3 aromatic carbocycles. The first-order chi connectivity index (χ1) is 12.3. The summed E-state index contributed by atoms with van der Waals surface area (Å²) in [7, 11) is 0. The van der Waals surface area contributed by atoms with Crippen LogP contribution in [0.1, 0.15) is 45.1 Å². The fourth-order valence-electron chi connectivity index (χ4n) is 3.95. The van der Waals surface area contributed by atoms with Gasteiger partial charge in [-0.3, -0.25) is 0 Å². The van der Waals surface area contributed by atoms with Gasteiger partial charge < -0.3 is 24.8 Å². The van der Waals surface area contributed by atoms with Gasteiger partial charge in [-0.1, -0.05) is 55.5 Å². The van der Waals surface area contributed by atoms with Crippen molar-refractivity contribution in [2.75, 3.05) is 0 Å². The molecule has 5 rings (SSSR count). The van der Waals surface area contributed by atoms with Crippen LogP contribution in [0.4, 0.5) is 0 Å². The molecule has 0 aromatic heterocycles. The zero-order chi connectivity index (χ0) is 17.2. The van der Waals surface area contributed by atoms with Crippen molar-refractivity contribution in [1.29, 1.82) is 0 Å². The van der Waals surface area contributed by atoms with Gasteiger partial charge in [-0.15, -0.1) is 0 Å². The Hall–Kier alpha value is -1.14. The molecule has 0 aliphatic heterocycles. The molecular weight excluding hydrogens is 450 g/mol. The summed E-state index contributed by atoms with van der Waals surface area (Å²) in [4.78, 5) is 0. The van der Waals surface area contributed by atoms with Crippen molar-refractivity contribution in [1.82, 2.24) is 0 Å². The van der Waals surface area contributed by atoms with Crippen molar-refractivity contribution in [2.24, 2.45) is 0 Å². The van der Waals surface area contributed by atoms with Crippen LogP contribution in [0.2, 0.25) is 0 Å². The number of hydrogen-bond acceptors (Lipinski definition) is 0. The monoisotopic (exact) mass is 469 g/mol. The fraction of sp³-hybridized carbons (Fsp3) is 0.167. The second kappa shape index (κ2) is 9.88. The molecule has 3 aromatic rings. The third-order valence-electron chi connectivity index (χ3n) is 5.17. The second-order valence-corrected chi connectivity index (χ2v) is 8.13. The molecule has 0 saturated carbocycles. The molecule has 0 radical (unpaired) electrons. The summed E-state index contributed by atoms with van der Waals surface area (Å²) in [6.45, 7) is 2.27. The quantitative estimate of drug-likeness (QED) is 0.486. The van der Waals surface area contributed by atoms with Gasteiger partial charge in [0, 0.05) is 5.92 Å². The first kappa shape index (κ1) is 22.2. The van der Waals surface area contributed by atoms with Crippen LogP contribution in [0.5, 0.6) is 0 Å². The van der Waals surface area contributed by atoms with Crippen LogP contribution < -0.4 is 24.8 Å². The summed E-state index contributed by atoms with van der Waals surface area (Å²) in [5.74, 6) is 0.609. The van der Waals surface area contributed by atoms with Gasteiger partial charge in [0.2, 0.25) is 0 Å². The van der Waals surface area contributed by atoms with E-state index in [0.717, 1.165) is 0 Å². The summed E-state index contributed by atoms with van der Waals surface area (Å²) >= 11 is 1.59. The number of fused-ring (bicyclic) bond motifs is 4. The van der Waals surface area contributed by atoms with Gasteiger partial charge in [-0.05, 0) is 28.7 Å². The van der Waals surface area contributed by atoms with Crippen LogP contribution in [0, 0.1) is 0 Å². The van der Waals surface area contributed by atoms with Gasteiger partial charge in [0.05, 0.1) is 0 Å². The van der Waals surface area contributed by atoms with E-state index in [9.17, 15) is 0 Å². The van der Waals surface area contributed by atoms with Gasteiger partial charge in [0.15, 0.2) is 0 Å². The number of rotatable bonds is 1. The third-order valence-corrected chi connectivity index (χ3v) is 6.41. The maximum atomic E-state index is 2.28. The summed E-state index contributed by atoms with van der Waals surface area (Å²) in [6, 6.07) is 26.2. The van der Waals surface area contributed by atoms with Gasteiger partial charge >= 0.3 is 75.9 Å². The van der Waals surface area contributed by atoms with Gasteiger partial charge in [-0.25, -0.2) is 0 Å². The van der Waals surface area contributed by atoms with Gasteiger partial charge in [-0.2, -0.15) is 0 Å². The average molecular weight is 472 g/mol. The van der Waals surface area contributed by atoms with Crippen LogP contribution in [0.15, 0.2) is 78.9 Å². The standard InChI is InChI=1S/C15H14.C9H7.2ClH.Zr/c1-2-11-12-7-3-5-9-14(12)15-10-6-4-8-13(11)15;1-2-5-9-7-3-6-8(9)4-1;;;/h3-11H,2H2,1H3;1-7H;2*1H;/q;;;;+2/p-2. The van der Waals surface area contributed by atoms with Crippen molar-refractivity contribution in [3.63, 3.8) is 0 Å². The molecule has 3 heteroatoms. The minimum atomic E-state index is 0. The predicted octanol–water partition coefficient (Wildman–Crippen LogP) is 0.518. The third kappa shape index (κ3) is 4.32. The number of benzene rings is 3. The first-order valence-electron chi connectivity index (χ1n) is 8.96. The normalized spacial score (nSPS) is 15.4. The van der Waals surface area contributed by atoms with Gasteiger partial charge in [0.1, 0.15) is 0 Å². The number of halogens is 2. The molecule has 2 aliphatic rings. The van der Waals surface area contributed by atoms with E-state index in [-0.39, 0.29) is 24.8 Å². The zero-order valence-corrected chi connectivity index (χ0v) is 19.2. The van der Waals surface area contributed by atoms with Crippen molar-refractivity contribution < 1.29 is 49.5 Å². The van der Waals surface area contributed by atoms with Crippen LogP contribution in [-0.4, -0.2) is 0 Å². The topological polar surface area (TPSA) is 0 Å². The Morgan fingerprint density at radius 1 is 0.704 bits per heavy atom. The van der Waals surface area contributed by atoms with E-state index in [1.54, 1.807) is 24.7 Å². The molecule has 0 heterocycles. The van der Waals surface area contributed by atoms with E-state index in [4.69, 9.17) is 0 Å². The fourth-order valence-corrected chi connectivity index (χ4v) is 4.83. The Balaban J connectivity index is 0.000000193. The first-order valence-corrected chi connectivity index (χ1v) is 10.4. The molecule has 0 fully saturated rings. The molecule has 0 nitrogen and oxygen atoms in total. The minimum absolute atomic E-state index is 0. The molecule has 0 spiro atoms. The molecule has 0 N–H and O–H groups in total. The second-order valence-electron chi connectivity index (χ2n) is 6.60. The molecular formula is C24H21Cl2Zr. The summed E-state index contributed by atoms with van der Waals surface area (Å²) in [5, 5.41) is 0. The Morgan fingerprint density at radius 2 is 1.19 bits per heavy atom. The van der Waals surface area contributed by atoms with Crippen molar-refractivity contribution >= 4 is 6.08 Å². The van der Waals surface area contributed by atoms with E-state index in [0.29, 0.717) is 9.54 Å². The van der Waals surface area contributed by atoms with Crippen LogP contribution in [0.25, 0.3) is 17.2 Å². The number of hydrogen-bond donors (Lipinski definition) is 0. The SMILES string of the molecule is CCC1c2ccccc2-c2ccccc21.[Cl-].[Cl-].[Zr+2][CH]1C=Cc2ccccc21. The summed E-state index contributed by atoms with van der Waals surface area (Å²) < 4.78 is 0.711.